The highest BCUT2D eigenvalue weighted by Gasteiger charge is 2.60. The fourth-order valence-electron chi connectivity index (χ4n) is 2.89. The van der Waals surface area contributed by atoms with E-state index in [1.54, 1.807) is 0 Å². The van der Waals surface area contributed by atoms with Crippen molar-refractivity contribution in [2.75, 3.05) is 19.6 Å². The van der Waals surface area contributed by atoms with E-state index in [-0.39, 0.29) is 0 Å². The van der Waals surface area contributed by atoms with Crippen molar-refractivity contribution < 1.29 is 14.9 Å². The molecule has 1 spiro atoms. The van der Waals surface area contributed by atoms with Gasteiger partial charge < -0.3 is 14.9 Å². The SMILES string of the molecule is CCN1CC2(C1)O[C@@H](n1ccc(=O)[nH]c1=O)[C@H](O)[C@H]2O. The number of aromatic nitrogens is 2. The van der Waals surface area contributed by atoms with Gasteiger partial charge >= 0.3 is 5.69 Å². The van der Waals surface area contributed by atoms with Gasteiger partial charge in [0.1, 0.15) is 17.8 Å². The van der Waals surface area contributed by atoms with Gasteiger partial charge in [0.15, 0.2) is 6.23 Å². The van der Waals surface area contributed by atoms with Gasteiger partial charge in [0.05, 0.1) is 0 Å². The van der Waals surface area contributed by atoms with Crippen molar-refractivity contribution in [2.24, 2.45) is 0 Å². The summed E-state index contributed by atoms with van der Waals surface area (Å²) in [6, 6.07) is 1.17. The van der Waals surface area contributed by atoms with Crippen molar-refractivity contribution in [1.82, 2.24) is 14.5 Å². The maximum Gasteiger partial charge on any atom is 0.330 e. The lowest BCUT2D eigenvalue weighted by Gasteiger charge is -2.48. The van der Waals surface area contributed by atoms with Crippen LogP contribution in [0.5, 0.6) is 0 Å². The predicted octanol–water partition coefficient (Wildman–Crippen LogP) is -2.14. The molecule has 0 bridgehead atoms. The van der Waals surface area contributed by atoms with Crippen LogP contribution in [0.2, 0.25) is 0 Å². The van der Waals surface area contributed by atoms with Crippen LogP contribution in [0.4, 0.5) is 0 Å². The zero-order valence-electron chi connectivity index (χ0n) is 11.0. The Morgan fingerprint density at radius 1 is 1.45 bits per heavy atom. The van der Waals surface area contributed by atoms with Crippen LogP contribution in [0.15, 0.2) is 21.9 Å². The molecule has 0 radical (unpaired) electrons. The molecule has 0 aromatic carbocycles. The number of H-pyrrole nitrogens is 1. The molecule has 2 aliphatic heterocycles. The van der Waals surface area contributed by atoms with E-state index >= 15 is 0 Å². The van der Waals surface area contributed by atoms with E-state index in [2.05, 4.69) is 9.88 Å². The van der Waals surface area contributed by atoms with E-state index < -0.39 is 35.3 Å². The molecule has 110 valence electrons. The van der Waals surface area contributed by atoms with Crippen LogP contribution in [0, 0.1) is 0 Å². The molecule has 8 nitrogen and oxygen atoms in total. The minimum atomic E-state index is -1.21. The third kappa shape index (κ3) is 1.84. The molecule has 0 unspecified atom stereocenters. The quantitative estimate of drug-likeness (QED) is 0.572. The van der Waals surface area contributed by atoms with Crippen LogP contribution in [0.25, 0.3) is 0 Å². The van der Waals surface area contributed by atoms with Crippen LogP contribution < -0.4 is 11.2 Å². The Bertz CT molecular complexity index is 618. The molecule has 2 fully saturated rings. The van der Waals surface area contributed by atoms with Gasteiger partial charge in [-0.25, -0.2) is 4.79 Å². The second-order valence-electron chi connectivity index (χ2n) is 5.33. The fraction of sp³-hybridized carbons (Fsp3) is 0.667. The monoisotopic (exact) mass is 283 g/mol. The molecule has 3 N–H and O–H groups in total. The van der Waals surface area contributed by atoms with Crippen molar-refractivity contribution in [3.8, 4) is 0 Å². The second-order valence-corrected chi connectivity index (χ2v) is 5.33. The molecule has 20 heavy (non-hydrogen) atoms. The van der Waals surface area contributed by atoms with E-state index in [0.29, 0.717) is 13.1 Å². The lowest BCUT2D eigenvalue weighted by Crippen LogP contribution is -2.67. The number of nitrogens with zero attached hydrogens (tertiary/aromatic N) is 2. The number of hydrogen-bond acceptors (Lipinski definition) is 6. The van der Waals surface area contributed by atoms with Crippen LogP contribution in [-0.4, -0.2) is 62.1 Å². The minimum Gasteiger partial charge on any atom is -0.387 e. The number of nitrogens with one attached hydrogen (secondary N) is 1. The molecular weight excluding hydrogens is 266 g/mol. The van der Waals surface area contributed by atoms with Crippen LogP contribution >= 0.6 is 0 Å². The summed E-state index contributed by atoms with van der Waals surface area (Å²) in [6.45, 7) is 3.85. The largest absolute Gasteiger partial charge is 0.387 e. The summed E-state index contributed by atoms with van der Waals surface area (Å²) in [4.78, 5) is 27.0. The molecule has 0 amide bonds. The Kier molecular flexibility index (Phi) is 3.05. The van der Waals surface area contributed by atoms with Crippen molar-refractivity contribution in [1.29, 1.82) is 0 Å². The summed E-state index contributed by atoms with van der Waals surface area (Å²) in [5, 5.41) is 20.3. The van der Waals surface area contributed by atoms with Gasteiger partial charge in [-0.3, -0.25) is 19.2 Å². The third-order valence-corrected chi connectivity index (χ3v) is 4.07. The number of ether oxygens (including phenoxy) is 1. The van der Waals surface area contributed by atoms with E-state index in [4.69, 9.17) is 4.74 Å². The number of likely N-dealkylation sites (tertiary alicyclic amines) is 1. The molecule has 1 aromatic heterocycles. The molecule has 3 heterocycles. The van der Waals surface area contributed by atoms with Gasteiger partial charge in [-0.05, 0) is 6.54 Å². The highest BCUT2D eigenvalue weighted by atomic mass is 16.6. The Morgan fingerprint density at radius 3 is 2.75 bits per heavy atom. The summed E-state index contributed by atoms with van der Waals surface area (Å²) in [6.07, 6.45) is -2.00. The summed E-state index contributed by atoms with van der Waals surface area (Å²) in [5.74, 6) is 0. The zero-order chi connectivity index (χ0) is 14.5. The molecule has 2 aliphatic rings. The van der Waals surface area contributed by atoms with Gasteiger partial charge in [0, 0.05) is 25.4 Å². The lowest BCUT2D eigenvalue weighted by molar-refractivity contribution is -0.180. The number of aliphatic hydroxyl groups excluding tert-OH is 2. The summed E-state index contributed by atoms with van der Waals surface area (Å²) in [5.41, 5.74) is -2.03. The Labute approximate surface area is 114 Å². The van der Waals surface area contributed by atoms with Crippen molar-refractivity contribution in [3.05, 3.63) is 33.1 Å². The Morgan fingerprint density at radius 2 is 2.15 bits per heavy atom. The van der Waals surface area contributed by atoms with Crippen LogP contribution in [0.3, 0.4) is 0 Å². The average Bonchev–Trinajstić information content (AvgIpc) is 2.62. The first-order valence-corrected chi connectivity index (χ1v) is 6.54. The highest BCUT2D eigenvalue weighted by Crippen LogP contribution is 2.42. The number of rotatable bonds is 2. The van der Waals surface area contributed by atoms with Crippen molar-refractivity contribution in [2.45, 2.75) is 31.0 Å². The minimum absolute atomic E-state index is 0.510. The molecule has 0 saturated carbocycles. The van der Waals surface area contributed by atoms with E-state index in [0.717, 1.165) is 11.1 Å². The molecule has 2 saturated heterocycles. The molecule has 1 aromatic rings. The molecule has 3 rings (SSSR count). The number of aromatic amines is 1. The van der Waals surface area contributed by atoms with Gasteiger partial charge in [-0.1, -0.05) is 6.92 Å². The lowest BCUT2D eigenvalue weighted by atomic mass is 9.87. The van der Waals surface area contributed by atoms with Crippen LogP contribution in [0.1, 0.15) is 13.2 Å². The number of hydrogen-bond donors (Lipinski definition) is 3. The maximum absolute atomic E-state index is 11.7. The average molecular weight is 283 g/mol. The fourth-order valence-corrected chi connectivity index (χ4v) is 2.89. The summed E-state index contributed by atoms with van der Waals surface area (Å²) < 4.78 is 6.84. The maximum atomic E-state index is 11.7. The van der Waals surface area contributed by atoms with Gasteiger partial charge in [0.25, 0.3) is 5.56 Å². The van der Waals surface area contributed by atoms with Gasteiger partial charge in [-0.2, -0.15) is 0 Å². The molecule has 3 atom stereocenters. The van der Waals surface area contributed by atoms with Gasteiger partial charge in [-0.15, -0.1) is 0 Å². The first kappa shape index (κ1) is 13.5. The summed E-state index contributed by atoms with van der Waals surface area (Å²) >= 11 is 0. The number of aliphatic hydroxyl groups is 2. The topological polar surface area (TPSA) is 108 Å². The smallest absolute Gasteiger partial charge is 0.330 e. The predicted molar refractivity (Wildman–Crippen MR) is 68.3 cm³/mol. The standard InChI is InChI=1S/C12H17N3O5/c1-2-14-5-12(6-14)9(18)8(17)10(20-12)15-4-3-7(16)13-11(15)19/h3-4,8-10,17-18H,2,5-6H2,1H3,(H,13,16,19)/t8-,9-,10-/m1/s1. The third-order valence-electron chi connectivity index (χ3n) is 4.07. The van der Waals surface area contributed by atoms with Crippen molar-refractivity contribution >= 4 is 0 Å². The normalized spacial score (nSPS) is 32.5. The van der Waals surface area contributed by atoms with Gasteiger partial charge in [0.2, 0.25) is 0 Å². The first-order valence-electron chi connectivity index (χ1n) is 6.54. The highest BCUT2D eigenvalue weighted by molar-refractivity contribution is 5.10. The second kappa shape index (κ2) is 4.52. The Hall–Kier alpha value is -1.48. The number of likely N-dealkylation sites (N-methyl/N-ethyl adjacent to an activating group) is 1. The molecule has 8 heteroatoms. The Balaban J connectivity index is 1.89. The van der Waals surface area contributed by atoms with Crippen molar-refractivity contribution in [3.63, 3.8) is 0 Å². The summed E-state index contributed by atoms with van der Waals surface area (Å²) in [7, 11) is 0. The van der Waals surface area contributed by atoms with E-state index in [1.165, 1.54) is 12.3 Å². The van der Waals surface area contributed by atoms with E-state index in [1.807, 2.05) is 6.92 Å². The van der Waals surface area contributed by atoms with E-state index in [9.17, 15) is 19.8 Å². The zero-order valence-corrected chi connectivity index (χ0v) is 11.0. The van der Waals surface area contributed by atoms with Crippen LogP contribution in [-0.2, 0) is 4.74 Å². The molecule has 0 aliphatic carbocycles. The first-order chi connectivity index (χ1) is 9.47. The molecular formula is C12H17N3O5.